The maximum absolute atomic E-state index is 12.2. The highest BCUT2D eigenvalue weighted by molar-refractivity contribution is 14.0. The van der Waals surface area contributed by atoms with E-state index < -0.39 is 12.8 Å². The summed E-state index contributed by atoms with van der Waals surface area (Å²) in [6, 6.07) is 7.14. The molecular weight excluding hydrogens is 480 g/mol. The second-order valence-electron chi connectivity index (χ2n) is 5.03. The van der Waals surface area contributed by atoms with Crippen LogP contribution in [-0.4, -0.2) is 30.3 Å². The van der Waals surface area contributed by atoms with Crippen LogP contribution in [0.5, 0.6) is 5.88 Å². The summed E-state index contributed by atoms with van der Waals surface area (Å²) in [7, 11) is 0. The quantitative estimate of drug-likeness (QED) is 0.344. The Morgan fingerprint density at radius 1 is 1.31 bits per heavy atom. The van der Waals surface area contributed by atoms with E-state index in [1.54, 1.807) is 17.4 Å². The first-order valence-corrected chi connectivity index (χ1v) is 8.53. The van der Waals surface area contributed by atoms with Gasteiger partial charge in [-0.25, -0.2) is 9.98 Å². The highest BCUT2D eigenvalue weighted by Gasteiger charge is 2.28. The van der Waals surface area contributed by atoms with Crippen LogP contribution in [0.3, 0.4) is 0 Å². The van der Waals surface area contributed by atoms with E-state index in [1.165, 1.54) is 17.1 Å². The molecule has 0 aromatic carbocycles. The third-order valence-electron chi connectivity index (χ3n) is 2.96. The zero-order chi connectivity index (χ0) is 18.1. The summed E-state index contributed by atoms with van der Waals surface area (Å²) in [5.74, 6) is 0.562. The highest BCUT2D eigenvalue weighted by atomic mass is 127. The molecule has 5 nitrogen and oxygen atoms in total. The SMILES string of the molecule is CCNC(=NCc1ccnc(OCC(F)(F)F)c1)NCc1cccs1.I. The Morgan fingerprint density at radius 3 is 2.77 bits per heavy atom. The van der Waals surface area contributed by atoms with E-state index in [4.69, 9.17) is 0 Å². The van der Waals surface area contributed by atoms with Crippen molar-refractivity contribution in [2.75, 3.05) is 13.2 Å². The fourth-order valence-electron chi connectivity index (χ4n) is 1.88. The van der Waals surface area contributed by atoms with Gasteiger partial charge in [0.2, 0.25) is 5.88 Å². The largest absolute Gasteiger partial charge is 0.468 e. The Hall–Kier alpha value is -1.56. The molecule has 2 aromatic heterocycles. The zero-order valence-corrected chi connectivity index (χ0v) is 17.2. The predicted molar refractivity (Wildman–Crippen MR) is 107 cm³/mol. The van der Waals surface area contributed by atoms with Gasteiger partial charge in [-0.05, 0) is 30.0 Å². The van der Waals surface area contributed by atoms with Gasteiger partial charge in [-0.15, -0.1) is 35.3 Å². The minimum absolute atomic E-state index is 0. The van der Waals surface area contributed by atoms with Gasteiger partial charge in [0.25, 0.3) is 0 Å². The molecule has 0 amide bonds. The number of thiophene rings is 1. The van der Waals surface area contributed by atoms with E-state index in [0.29, 0.717) is 31.2 Å². The molecule has 0 saturated heterocycles. The zero-order valence-electron chi connectivity index (χ0n) is 14.0. The number of alkyl halides is 3. The summed E-state index contributed by atoms with van der Waals surface area (Å²) in [5.41, 5.74) is 0.709. The molecule has 2 heterocycles. The van der Waals surface area contributed by atoms with Gasteiger partial charge in [0, 0.05) is 23.7 Å². The smallest absolute Gasteiger partial charge is 0.422 e. The third kappa shape index (κ3) is 8.70. The standard InChI is InChI=1S/C16H19F3N4OS.HI/c1-2-20-15(23-10-13-4-3-7-25-13)22-9-12-5-6-21-14(8-12)24-11-16(17,18)19;/h3-8H,2,9-11H2,1H3,(H2,20,22,23);1H. The van der Waals surface area contributed by atoms with Gasteiger partial charge in [-0.2, -0.15) is 13.2 Å². The van der Waals surface area contributed by atoms with Gasteiger partial charge in [0.1, 0.15) is 0 Å². The third-order valence-corrected chi connectivity index (χ3v) is 3.83. The molecule has 144 valence electrons. The number of aliphatic imine (C=N–C) groups is 1. The maximum atomic E-state index is 12.2. The number of nitrogens with one attached hydrogen (secondary N) is 2. The van der Waals surface area contributed by atoms with Crippen molar-refractivity contribution in [3.05, 3.63) is 46.3 Å². The number of rotatable bonds is 7. The first-order valence-electron chi connectivity index (χ1n) is 7.65. The van der Waals surface area contributed by atoms with Crippen LogP contribution in [0.15, 0.2) is 40.8 Å². The molecule has 0 radical (unpaired) electrons. The fraction of sp³-hybridized carbons (Fsp3) is 0.375. The van der Waals surface area contributed by atoms with Crippen molar-refractivity contribution < 1.29 is 17.9 Å². The molecule has 10 heteroatoms. The van der Waals surface area contributed by atoms with Crippen molar-refractivity contribution in [1.82, 2.24) is 15.6 Å². The lowest BCUT2D eigenvalue weighted by Crippen LogP contribution is -2.36. The van der Waals surface area contributed by atoms with Crippen LogP contribution in [-0.2, 0) is 13.1 Å². The van der Waals surface area contributed by atoms with Crippen LogP contribution < -0.4 is 15.4 Å². The Kier molecular flexibility index (Phi) is 9.70. The van der Waals surface area contributed by atoms with Gasteiger partial charge < -0.3 is 15.4 Å². The highest BCUT2D eigenvalue weighted by Crippen LogP contribution is 2.17. The van der Waals surface area contributed by atoms with Crippen molar-refractivity contribution in [3.8, 4) is 5.88 Å². The Morgan fingerprint density at radius 2 is 2.12 bits per heavy atom. The number of nitrogens with zero attached hydrogens (tertiary/aromatic N) is 2. The van der Waals surface area contributed by atoms with E-state index in [0.717, 1.165) is 0 Å². The molecule has 0 spiro atoms. The van der Waals surface area contributed by atoms with Crippen molar-refractivity contribution in [3.63, 3.8) is 0 Å². The van der Waals surface area contributed by atoms with Crippen molar-refractivity contribution in [2.24, 2.45) is 4.99 Å². The summed E-state index contributed by atoms with van der Waals surface area (Å²) in [5, 5.41) is 8.33. The maximum Gasteiger partial charge on any atom is 0.422 e. The molecule has 0 saturated carbocycles. The second-order valence-corrected chi connectivity index (χ2v) is 6.07. The molecule has 0 atom stereocenters. The summed E-state index contributed by atoms with van der Waals surface area (Å²) in [4.78, 5) is 9.38. The molecule has 0 fully saturated rings. The lowest BCUT2D eigenvalue weighted by atomic mass is 10.3. The Balaban J connectivity index is 0.00000338. The van der Waals surface area contributed by atoms with E-state index in [9.17, 15) is 13.2 Å². The number of halogens is 4. The molecule has 0 aliphatic carbocycles. The lowest BCUT2D eigenvalue weighted by Gasteiger charge is -2.11. The van der Waals surface area contributed by atoms with Gasteiger partial charge in [-0.3, -0.25) is 0 Å². The van der Waals surface area contributed by atoms with Crippen LogP contribution in [0.25, 0.3) is 0 Å². The fourth-order valence-corrected chi connectivity index (χ4v) is 2.52. The number of guanidine groups is 1. The van der Waals surface area contributed by atoms with Gasteiger partial charge >= 0.3 is 6.18 Å². The molecule has 0 aliphatic rings. The molecule has 0 unspecified atom stereocenters. The molecule has 2 aromatic rings. The first kappa shape index (κ1) is 22.5. The monoisotopic (exact) mass is 500 g/mol. The van der Waals surface area contributed by atoms with Crippen LogP contribution >= 0.6 is 35.3 Å². The van der Waals surface area contributed by atoms with Gasteiger partial charge in [0.15, 0.2) is 12.6 Å². The van der Waals surface area contributed by atoms with E-state index in [2.05, 4.69) is 25.3 Å². The Bertz CT molecular complexity index is 680. The molecular formula is C16H20F3IN4OS. The predicted octanol–water partition coefficient (Wildman–Crippen LogP) is 3.96. The van der Waals surface area contributed by atoms with Crippen molar-refractivity contribution in [2.45, 2.75) is 26.2 Å². The van der Waals surface area contributed by atoms with Crippen LogP contribution in [0, 0.1) is 0 Å². The van der Waals surface area contributed by atoms with E-state index in [1.807, 2.05) is 24.4 Å². The van der Waals surface area contributed by atoms with Gasteiger partial charge in [-0.1, -0.05) is 6.07 Å². The number of pyridine rings is 1. The van der Waals surface area contributed by atoms with Crippen molar-refractivity contribution >= 4 is 41.3 Å². The summed E-state index contributed by atoms with van der Waals surface area (Å²) in [6.07, 6.45) is -2.98. The second kappa shape index (κ2) is 11.2. The number of ether oxygens (including phenoxy) is 1. The number of hydrogen-bond acceptors (Lipinski definition) is 4. The normalized spacial score (nSPS) is 11.6. The van der Waals surface area contributed by atoms with Crippen LogP contribution in [0.4, 0.5) is 13.2 Å². The lowest BCUT2D eigenvalue weighted by molar-refractivity contribution is -0.154. The molecule has 2 N–H and O–H groups in total. The average Bonchev–Trinajstić information content (AvgIpc) is 3.09. The van der Waals surface area contributed by atoms with Crippen LogP contribution in [0.1, 0.15) is 17.4 Å². The molecule has 0 aliphatic heterocycles. The van der Waals surface area contributed by atoms with Crippen molar-refractivity contribution in [1.29, 1.82) is 0 Å². The first-order chi connectivity index (χ1) is 12.0. The summed E-state index contributed by atoms with van der Waals surface area (Å²) < 4.78 is 41.2. The summed E-state index contributed by atoms with van der Waals surface area (Å²) in [6.45, 7) is 2.24. The van der Waals surface area contributed by atoms with Gasteiger partial charge in [0.05, 0.1) is 13.1 Å². The minimum Gasteiger partial charge on any atom is -0.468 e. The van der Waals surface area contributed by atoms with Crippen LogP contribution in [0.2, 0.25) is 0 Å². The average molecular weight is 500 g/mol. The topological polar surface area (TPSA) is 58.5 Å². The summed E-state index contributed by atoms with van der Waals surface area (Å²) >= 11 is 1.64. The molecule has 0 bridgehead atoms. The number of aromatic nitrogens is 1. The van der Waals surface area contributed by atoms with E-state index >= 15 is 0 Å². The number of hydrogen-bond donors (Lipinski definition) is 2. The van der Waals surface area contributed by atoms with E-state index in [-0.39, 0.29) is 29.9 Å². The Labute approximate surface area is 171 Å². The molecule has 26 heavy (non-hydrogen) atoms. The molecule has 2 rings (SSSR count). The minimum atomic E-state index is -4.39.